The molecule has 1 heterocycles. The number of halogens is 2. The third kappa shape index (κ3) is 2.59. The lowest BCUT2D eigenvalue weighted by atomic mass is 10.0. The molecule has 0 saturated carbocycles. The molecule has 0 spiro atoms. The van der Waals surface area contributed by atoms with Crippen LogP contribution in [0.4, 0.5) is 0 Å². The quantitative estimate of drug-likeness (QED) is 0.561. The largest absolute Gasteiger partial charge is 0.496 e. The van der Waals surface area contributed by atoms with Crippen molar-refractivity contribution in [2.45, 2.75) is 6.92 Å². The Morgan fingerprint density at radius 1 is 1.05 bits per heavy atom. The van der Waals surface area contributed by atoms with Gasteiger partial charge in [0.2, 0.25) is 0 Å². The normalized spacial score (nSPS) is 10.9. The van der Waals surface area contributed by atoms with Gasteiger partial charge in [-0.15, -0.1) is 0 Å². The Balaban J connectivity index is 2.35. The topological polar surface area (TPSA) is 39.4 Å². The molecule has 3 aromatic rings. The lowest BCUT2D eigenvalue weighted by Gasteiger charge is -2.11. The maximum absolute atomic E-state index is 12.6. The van der Waals surface area contributed by atoms with Crippen molar-refractivity contribution in [1.29, 1.82) is 0 Å². The molecule has 0 aliphatic carbocycles. The van der Waals surface area contributed by atoms with Gasteiger partial charge in [0.1, 0.15) is 17.1 Å². The number of rotatable bonds is 2. The Morgan fingerprint density at radius 3 is 2.45 bits per heavy atom. The van der Waals surface area contributed by atoms with E-state index in [0.29, 0.717) is 28.0 Å². The Labute approximate surface area is 144 Å². The van der Waals surface area contributed by atoms with Gasteiger partial charge < -0.3 is 9.15 Å². The van der Waals surface area contributed by atoms with Crippen LogP contribution in [0.2, 0.25) is 0 Å². The van der Waals surface area contributed by atoms with Crippen molar-refractivity contribution in [3.8, 4) is 17.1 Å². The molecule has 1 aromatic heterocycles. The third-order valence-electron chi connectivity index (χ3n) is 3.49. The van der Waals surface area contributed by atoms with Gasteiger partial charge >= 0.3 is 0 Å². The van der Waals surface area contributed by atoms with Crippen molar-refractivity contribution >= 4 is 42.8 Å². The molecule has 22 heavy (non-hydrogen) atoms. The van der Waals surface area contributed by atoms with E-state index < -0.39 is 0 Å². The molecule has 0 radical (unpaired) electrons. The van der Waals surface area contributed by atoms with E-state index in [4.69, 9.17) is 9.15 Å². The number of hydrogen-bond donors (Lipinski definition) is 0. The minimum absolute atomic E-state index is 0.0393. The zero-order valence-corrected chi connectivity index (χ0v) is 15.1. The summed E-state index contributed by atoms with van der Waals surface area (Å²) in [6.07, 6.45) is 0. The van der Waals surface area contributed by atoms with Crippen LogP contribution < -0.4 is 10.2 Å². The minimum Gasteiger partial charge on any atom is -0.496 e. The third-order valence-corrected chi connectivity index (χ3v) is 4.47. The molecule has 0 aliphatic rings. The summed E-state index contributed by atoms with van der Waals surface area (Å²) in [7, 11) is 1.59. The summed E-state index contributed by atoms with van der Waals surface area (Å²) in [5.41, 5.74) is 1.83. The first-order valence-corrected chi connectivity index (χ1v) is 8.16. The monoisotopic (exact) mass is 422 g/mol. The standard InChI is InChI=1S/C17H12Br2O3/c1-9-16(20)13-7-10(18)4-6-14(13)22-17(9)12-5-3-11(19)8-15(12)21-2/h3-8H,1-2H3. The summed E-state index contributed by atoms with van der Waals surface area (Å²) >= 11 is 6.79. The Morgan fingerprint density at radius 2 is 1.73 bits per heavy atom. The average Bonchev–Trinajstić information content (AvgIpc) is 2.51. The molecule has 2 aromatic carbocycles. The van der Waals surface area contributed by atoms with Crippen molar-refractivity contribution in [2.75, 3.05) is 7.11 Å². The van der Waals surface area contributed by atoms with Crippen LogP contribution in [0.5, 0.6) is 5.75 Å². The van der Waals surface area contributed by atoms with Crippen molar-refractivity contribution in [2.24, 2.45) is 0 Å². The molecule has 0 unspecified atom stereocenters. The van der Waals surface area contributed by atoms with Crippen LogP contribution in [0.15, 0.2) is 54.6 Å². The molecule has 3 nitrogen and oxygen atoms in total. The molecule has 0 aliphatic heterocycles. The lowest BCUT2D eigenvalue weighted by molar-refractivity contribution is 0.414. The Bertz CT molecular complexity index is 929. The number of hydrogen-bond acceptors (Lipinski definition) is 3. The highest BCUT2D eigenvalue weighted by Gasteiger charge is 2.16. The van der Waals surface area contributed by atoms with E-state index in [1.54, 1.807) is 26.2 Å². The SMILES string of the molecule is COc1cc(Br)ccc1-c1oc2ccc(Br)cc2c(=O)c1C. The van der Waals surface area contributed by atoms with Crippen LogP contribution in [0.1, 0.15) is 5.56 Å². The summed E-state index contributed by atoms with van der Waals surface area (Å²) in [6.45, 7) is 1.77. The highest BCUT2D eigenvalue weighted by atomic mass is 79.9. The molecule has 0 fully saturated rings. The maximum atomic E-state index is 12.6. The molecule has 0 saturated heterocycles. The van der Waals surface area contributed by atoms with E-state index in [2.05, 4.69) is 31.9 Å². The van der Waals surface area contributed by atoms with Crippen molar-refractivity contribution in [3.63, 3.8) is 0 Å². The van der Waals surface area contributed by atoms with Gasteiger partial charge in [-0.3, -0.25) is 4.79 Å². The first-order valence-electron chi connectivity index (χ1n) is 6.58. The summed E-state index contributed by atoms with van der Waals surface area (Å²) < 4.78 is 13.1. The van der Waals surface area contributed by atoms with Gasteiger partial charge in [0.15, 0.2) is 5.43 Å². The minimum atomic E-state index is -0.0393. The first kappa shape index (κ1) is 15.3. The van der Waals surface area contributed by atoms with Gasteiger partial charge in [-0.2, -0.15) is 0 Å². The fourth-order valence-corrected chi connectivity index (χ4v) is 3.07. The molecule has 3 rings (SSSR count). The molecular weight excluding hydrogens is 412 g/mol. The predicted molar refractivity (Wildman–Crippen MR) is 94.6 cm³/mol. The zero-order valence-electron chi connectivity index (χ0n) is 11.9. The first-order chi connectivity index (χ1) is 10.5. The molecular formula is C17H12Br2O3. The highest BCUT2D eigenvalue weighted by Crippen LogP contribution is 2.35. The zero-order chi connectivity index (χ0) is 15.9. The van der Waals surface area contributed by atoms with Gasteiger partial charge in [0.05, 0.1) is 18.1 Å². The molecule has 0 bridgehead atoms. The molecule has 0 atom stereocenters. The smallest absolute Gasteiger partial charge is 0.196 e. The second-order valence-corrected chi connectivity index (χ2v) is 6.70. The fourth-order valence-electron chi connectivity index (χ4n) is 2.37. The lowest BCUT2D eigenvalue weighted by Crippen LogP contribution is -2.07. The Kier molecular flexibility index (Phi) is 4.10. The summed E-state index contributed by atoms with van der Waals surface area (Å²) in [6, 6.07) is 11.0. The van der Waals surface area contributed by atoms with Crippen LogP contribution in [-0.4, -0.2) is 7.11 Å². The van der Waals surface area contributed by atoms with Crippen LogP contribution in [-0.2, 0) is 0 Å². The molecule has 5 heteroatoms. The van der Waals surface area contributed by atoms with Crippen LogP contribution >= 0.6 is 31.9 Å². The summed E-state index contributed by atoms with van der Waals surface area (Å²) in [5.74, 6) is 1.18. The van der Waals surface area contributed by atoms with Gasteiger partial charge in [0, 0.05) is 14.5 Å². The molecule has 112 valence electrons. The van der Waals surface area contributed by atoms with Gasteiger partial charge in [-0.25, -0.2) is 0 Å². The summed E-state index contributed by atoms with van der Waals surface area (Å²) in [5, 5.41) is 0.562. The second kappa shape index (κ2) is 5.89. The van der Waals surface area contributed by atoms with Gasteiger partial charge in [-0.05, 0) is 43.3 Å². The van der Waals surface area contributed by atoms with E-state index in [1.807, 2.05) is 24.3 Å². The van der Waals surface area contributed by atoms with Crippen molar-refractivity contribution < 1.29 is 9.15 Å². The second-order valence-electron chi connectivity index (χ2n) is 4.87. The van der Waals surface area contributed by atoms with E-state index in [0.717, 1.165) is 14.5 Å². The molecule has 0 N–H and O–H groups in total. The van der Waals surface area contributed by atoms with E-state index >= 15 is 0 Å². The van der Waals surface area contributed by atoms with Crippen molar-refractivity contribution in [3.05, 3.63) is 61.1 Å². The number of methoxy groups -OCH3 is 1. The van der Waals surface area contributed by atoms with E-state index in [-0.39, 0.29) is 5.43 Å². The number of fused-ring (bicyclic) bond motifs is 1. The van der Waals surface area contributed by atoms with Crippen LogP contribution in [0, 0.1) is 6.92 Å². The van der Waals surface area contributed by atoms with Crippen LogP contribution in [0.3, 0.4) is 0 Å². The average molecular weight is 424 g/mol. The summed E-state index contributed by atoms with van der Waals surface area (Å²) in [4.78, 5) is 12.6. The van der Waals surface area contributed by atoms with Crippen LogP contribution in [0.25, 0.3) is 22.3 Å². The predicted octanol–water partition coefficient (Wildman–Crippen LogP) is 5.30. The number of benzene rings is 2. The maximum Gasteiger partial charge on any atom is 0.196 e. The van der Waals surface area contributed by atoms with E-state index in [1.165, 1.54) is 0 Å². The molecule has 0 amide bonds. The fraction of sp³-hybridized carbons (Fsp3) is 0.118. The highest BCUT2D eigenvalue weighted by molar-refractivity contribution is 9.10. The van der Waals surface area contributed by atoms with E-state index in [9.17, 15) is 4.79 Å². The van der Waals surface area contributed by atoms with Gasteiger partial charge in [-0.1, -0.05) is 31.9 Å². The van der Waals surface area contributed by atoms with Crippen molar-refractivity contribution in [1.82, 2.24) is 0 Å². The Hall–Kier alpha value is -1.59. The van der Waals surface area contributed by atoms with Gasteiger partial charge in [0.25, 0.3) is 0 Å². The number of ether oxygens (including phenoxy) is 1.